The Morgan fingerprint density at radius 3 is 2.36 bits per heavy atom. The molecule has 4 nitrogen and oxygen atoms in total. The van der Waals surface area contributed by atoms with Crippen LogP contribution in [0.3, 0.4) is 0 Å². The smallest absolute Gasteiger partial charge is 0.0190 e. The van der Waals surface area contributed by atoms with Crippen molar-refractivity contribution in [3.8, 4) is 10.8 Å². The molecule has 7 heteroatoms. The number of nitriles is 2. The van der Waals surface area contributed by atoms with Crippen molar-refractivity contribution in [2.24, 2.45) is 5.73 Å². The quantitative estimate of drug-likeness (QED) is 0.533. The zero-order chi connectivity index (χ0) is 10.6. The van der Waals surface area contributed by atoms with Gasteiger partial charge in [-0.3, -0.25) is 0 Å². The van der Waals surface area contributed by atoms with Crippen molar-refractivity contribution in [3.05, 3.63) is 0 Å². The van der Waals surface area contributed by atoms with E-state index in [-0.39, 0.29) is 16.0 Å². The van der Waals surface area contributed by atoms with Crippen molar-refractivity contribution in [1.82, 2.24) is 5.32 Å². The minimum atomic E-state index is -0.272. The Balaban J connectivity index is 0.000000241. The van der Waals surface area contributed by atoms with Crippen LogP contribution >= 0.6 is 18.9 Å². The number of hydrogen-bond acceptors (Lipinski definition) is 6. The number of thiocyanates is 2. The minimum Gasteiger partial charge on any atom is -0.329 e. The molecule has 1 rings (SSSR count). The van der Waals surface area contributed by atoms with Crippen LogP contribution in [0.15, 0.2) is 0 Å². The molecule has 0 bridgehead atoms. The molecule has 1 saturated heterocycles. The molecule has 0 aromatic rings. The van der Waals surface area contributed by atoms with Gasteiger partial charge in [-0.2, -0.15) is 0 Å². The van der Waals surface area contributed by atoms with E-state index >= 15 is 0 Å². The van der Waals surface area contributed by atoms with Gasteiger partial charge in [-0.15, -0.1) is 0 Å². The first kappa shape index (κ1) is 14.3. The van der Waals surface area contributed by atoms with Gasteiger partial charge in [0, 0.05) is 12.6 Å². The summed E-state index contributed by atoms with van der Waals surface area (Å²) in [5, 5.41) is 22.9. The SMILES string of the molecule is N#C[S][Pt][S]C#N.NCC1CCCN1. The van der Waals surface area contributed by atoms with Crippen LogP contribution in [0.1, 0.15) is 12.8 Å². The van der Waals surface area contributed by atoms with E-state index in [1.807, 2.05) is 10.8 Å². The maximum absolute atomic E-state index is 7.91. The van der Waals surface area contributed by atoms with E-state index < -0.39 is 0 Å². The van der Waals surface area contributed by atoms with Gasteiger partial charge in [0.1, 0.15) is 0 Å². The van der Waals surface area contributed by atoms with Crippen LogP contribution in [-0.2, 0) is 16.0 Å². The standard InChI is InChI=1S/C5H12N2.2CHNS.Pt/c6-4-5-2-1-3-7-5;2*2-1-3;/h5,7H,1-4,6H2;2*3H;/q;;;+2/p-2. The third-order valence-corrected chi connectivity index (χ3v) is 6.75. The molecule has 3 N–H and O–H groups in total. The minimum absolute atomic E-state index is 0.272. The largest absolute Gasteiger partial charge is 0.329 e. The Morgan fingerprint density at radius 2 is 2.07 bits per heavy atom. The average molecular weight is 411 g/mol. The van der Waals surface area contributed by atoms with Crippen LogP contribution in [0.2, 0.25) is 0 Å². The summed E-state index contributed by atoms with van der Waals surface area (Å²) in [5.74, 6) is 0. The summed E-state index contributed by atoms with van der Waals surface area (Å²) in [4.78, 5) is 0. The molecule has 14 heavy (non-hydrogen) atoms. The second-order valence-corrected chi connectivity index (χ2v) is 9.63. The summed E-state index contributed by atoms with van der Waals surface area (Å²) >= 11 is -0.272. The maximum atomic E-state index is 7.91. The van der Waals surface area contributed by atoms with E-state index in [4.69, 9.17) is 16.3 Å². The molecule has 1 atom stereocenters. The average Bonchev–Trinajstić information content (AvgIpc) is 2.72. The third-order valence-electron chi connectivity index (χ3n) is 1.56. The van der Waals surface area contributed by atoms with Crippen LogP contribution in [-0.4, -0.2) is 19.1 Å². The second kappa shape index (κ2) is 11.4. The summed E-state index contributed by atoms with van der Waals surface area (Å²) in [6.45, 7) is 1.97. The van der Waals surface area contributed by atoms with Crippen molar-refractivity contribution in [3.63, 3.8) is 0 Å². The molecule has 0 spiro atoms. The van der Waals surface area contributed by atoms with Gasteiger partial charge < -0.3 is 11.1 Å². The van der Waals surface area contributed by atoms with E-state index in [2.05, 4.69) is 5.32 Å². The third kappa shape index (κ3) is 8.87. The zero-order valence-corrected chi connectivity index (χ0v) is 11.4. The molecular formula is C7H12N4PtS2. The molecule has 0 aliphatic carbocycles. The number of nitrogens with one attached hydrogen (secondary N) is 1. The predicted octanol–water partition coefficient (Wildman–Crippen LogP) is 1.02. The number of hydrogen-bond donors (Lipinski definition) is 2. The van der Waals surface area contributed by atoms with Crippen LogP contribution in [0.4, 0.5) is 0 Å². The van der Waals surface area contributed by atoms with Crippen LogP contribution < -0.4 is 11.1 Å². The van der Waals surface area contributed by atoms with Gasteiger partial charge in [0.05, 0.1) is 0 Å². The molecule has 1 heterocycles. The molecule has 1 unspecified atom stereocenters. The van der Waals surface area contributed by atoms with E-state index in [1.54, 1.807) is 0 Å². The summed E-state index contributed by atoms with van der Waals surface area (Å²) in [6.07, 6.45) is 2.58. The number of nitrogens with two attached hydrogens (primary N) is 1. The van der Waals surface area contributed by atoms with Gasteiger partial charge in [-0.25, -0.2) is 0 Å². The van der Waals surface area contributed by atoms with Crippen LogP contribution in [0, 0.1) is 21.3 Å². The normalized spacial score (nSPS) is 19.2. The fraction of sp³-hybridized carbons (Fsp3) is 0.714. The predicted molar refractivity (Wildman–Crippen MR) is 56.5 cm³/mol. The van der Waals surface area contributed by atoms with E-state index in [9.17, 15) is 0 Å². The first-order valence-electron chi connectivity index (χ1n) is 3.98. The van der Waals surface area contributed by atoms with Gasteiger partial charge in [0.2, 0.25) is 0 Å². The molecule has 1 aliphatic heterocycles. The Kier molecular flexibility index (Phi) is 11.6. The Bertz CT molecular complexity index is 193. The summed E-state index contributed by atoms with van der Waals surface area (Å²) in [7, 11) is 2.38. The summed E-state index contributed by atoms with van der Waals surface area (Å²) < 4.78 is 0. The first-order valence-corrected chi connectivity index (χ1v) is 10.9. The molecule has 0 saturated carbocycles. The van der Waals surface area contributed by atoms with Gasteiger partial charge in [-0.05, 0) is 19.4 Å². The second-order valence-electron chi connectivity index (χ2n) is 2.39. The molecule has 0 amide bonds. The number of rotatable bonds is 3. The molecule has 0 radical (unpaired) electrons. The fourth-order valence-electron chi connectivity index (χ4n) is 0.995. The van der Waals surface area contributed by atoms with Crippen molar-refractivity contribution in [2.45, 2.75) is 18.9 Å². The van der Waals surface area contributed by atoms with E-state index in [1.165, 1.54) is 38.3 Å². The van der Waals surface area contributed by atoms with Crippen molar-refractivity contribution in [1.29, 1.82) is 10.5 Å². The molecule has 0 aromatic carbocycles. The van der Waals surface area contributed by atoms with E-state index in [0.717, 1.165) is 6.54 Å². The van der Waals surface area contributed by atoms with Crippen LogP contribution in [0.25, 0.3) is 0 Å². The van der Waals surface area contributed by atoms with E-state index in [0.29, 0.717) is 6.04 Å². The maximum Gasteiger partial charge on any atom is 0.0190 e. The molecular weight excluding hydrogens is 399 g/mol. The molecule has 1 aliphatic rings. The monoisotopic (exact) mass is 411 g/mol. The van der Waals surface area contributed by atoms with Crippen LogP contribution in [0.5, 0.6) is 0 Å². The molecule has 1 fully saturated rings. The zero-order valence-electron chi connectivity index (χ0n) is 7.51. The van der Waals surface area contributed by atoms with Gasteiger partial charge in [-0.1, -0.05) is 0 Å². The molecule has 82 valence electrons. The number of nitrogens with zero attached hydrogens (tertiary/aromatic N) is 2. The Morgan fingerprint density at radius 1 is 1.43 bits per heavy atom. The van der Waals surface area contributed by atoms with Gasteiger partial charge in [0.25, 0.3) is 0 Å². The molecule has 0 aromatic heterocycles. The summed E-state index contributed by atoms with van der Waals surface area (Å²) in [5.41, 5.74) is 5.37. The van der Waals surface area contributed by atoms with Gasteiger partial charge in [0.15, 0.2) is 0 Å². The summed E-state index contributed by atoms with van der Waals surface area (Å²) in [6, 6.07) is 0.625. The Hall–Kier alpha value is 0.288. The fourth-order valence-corrected chi connectivity index (χ4v) is 3.66. The van der Waals surface area contributed by atoms with Gasteiger partial charge >= 0.3 is 56.3 Å². The van der Waals surface area contributed by atoms with Crippen molar-refractivity contribution in [2.75, 3.05) is 13.1 Å². The first-order chi connectivity index (χ1) is 6.85. The van der Waals surface area contributed by atoms with Crippen molar-refractivity contribution >= 4 is 18.9 Å². The Labute approximate surface area is 98.9 Å². The van der Waals surface area contributed by atoms with Crippen molar-refractivity contribution < 1.29 is 16.0 Å². The topological polar surface area (TPSA) is 85.6 Å².